The van der Waals surface area contributed by atoms with Gasteiger partial charge in [-0.05, 0) is 90.2 Å². The monoisotopic (exact) mass is 768 g/mol. The molecule has 3 fully saturated rings. The number of amides is 4. The molecule has 7 atom stereocenters. The first-order valence-electron chi connectivity index (χ1n) is 18.7. The number of nitrogens with one attached hydrogen (secondary N) is 3. The topological polar surface area (TPSA) is 195 Å². The molecule has 1 aromatic carbocycles. The van der Waals surface area contributed by atoms with Crippen molar-refractivity contribution in [1.82, 2.24) is 30.2 Å². The van der Waals surface area contributed by atoms with Gasteiger partial charge in [0, 0.05) is 18.4 Å². The summed E-state index contributed by atoms with van der Waals surface area (Å²) in [5, 5.41) is 5.69. The number of ether oxygens (including phenoxy) is 3. The number of fused-ring (bicyclic) bond motifs is 3. The summed E-state index contributed by atoms with van der Waals surface area (Å²) in [5.74, 6) is -1.80. The van der Waals surface area contributed by atoms with Crippen molar-refractivity contribution in [2.24, 2.45) is 17.8 Å². The lowest BCUT2D eigenvalue weighted by atomic mass is 9.88. The van der Waals surface area contributed by atoms with Crippen molar-refractivity contribution < 1.29 is 41.8 Å². The van der Waals surface area contributed by atoms with Gasteiger partial charge in [-0.2, -0.15) is 0 Å². The summed E-state index contributed by atoms with van der Waals surface area (Å²) >= 11 is 0. The van der Waals surface area contributed by atoms with Crippen LogP contribution < -0.4 is 24.8 Å². The highest BCUT2D eigenvalue weighted by Crippen LogP contribution is 2.47. The van der Waals surface area contributed by atoms with Crippen LogP contribution in [0.25, 0.3) is 11.0 Å². The number of nitrogens with zero attached hydrogens (tertiary/aromatic N) is 3. The van der Waals surface area contributed by atoms with Crippen molar-refractivity contribution in [3.05, 3.63) is 36.5 Å². The third-order valence-corrected chi connectivity index (χ3v) is 13.1. The zero-order valence-corrected chi connectivity index (χ0v) is 32.8. The molecule has 1 saturated heterocycles. The Morgan fingerprint density at radius 3 is 2.52 bits per heavy atom. The van der Waals surface area contributed by atoms with Crippen molar-refractivity contribution in [2.45, 2.75) is 121 Å². The molecule has 3 N–H and O–H groups in total. The average molecular weight is 769 g/mol. The zero-order valence-electron chi connectivity index (χ0n) is 32.0. The number of methoxy groups -OCH3 is 1. The lowest BCUT2D eigenvalue weighted by Crippen LogP contribution is -2.59. The highest BCUT2D eigenvalue weighted by atomic mass is 32.2. The van der Waals surface area contributed by atoms with Gasteiger partial charge in [-0.1, -0.05) is 26.0 Å². The first kappa shape index (κ1) is 39.2. The molecule has 2 aromatic rings. The highest BCUT2D eigenvalue weighted by Gasteiger charge is 2.63. The molecule has 0 unspecified atom stereocenters. The molecule has 2 aliphatic heterocycles. The molecule has 16 heteroatoms. The Balaban J connectivity index is 1.33. The molecule has 6 rings (SSSR count). The van der Waals surface area contributed by atoms with E-state index in [4.69, 9.17) is 14.2 Å². The van der Waals surface area contributed by atoms with Gasteiger partial charge >= 0.3 is 6.09 Å². The van der Waals surface area contributed by atoms with Crippen LogP contribution in [0.15, 0.2) is 36.5 Å². The first-order valence-corrected chi connectivity index (χ1v) is 20.1. The quantitative estimate of drug-likeness (QED) is 0.347. The number of alkyl carbamates (subject to hydrolysis) is 1. The van der Waals surface area contributed by atoms with Gasteiger partial charge in [0.2, 0.25) is 27.7 Å². The third kappa shape index (κ3) is 8.42. The fourth-order valence-corrected chi connectivity index (χ4v) is 8.68. The average Bonchev–Trinajstić information content (AvgIpc) is 3.97. The van der Waals surface area contributed by atoms with E-state index in [1.54, 1.807) is 45.9 Å². The Bertz CT molecular complexity index is 1940. The number of sulfonamides is 1. The molecule has 3 heterocycles. The number of carbonyl (C=O) groups excluding carboxylic acids is 4. The summed E-state index contributed by atoms with van der Waals surface area (Å²) in [7, 11) is -2.50. The van der Waals surface area contributed by atoms with Crippen molar-refractivity contribution in [3.8, 4) is 11.6 Å². The second kappa shape index (κ2) is 14.6. The minimum atomic E-state index is -3.99. The Morgan fingerprint density at radius 1 is 1.09 bits per heavy atom. The normalized spacial score (nSPS) is 30.4. The Morgan fingerprint density at radius 2 is 1.83 bits per heavy atom. The SMILES string of the molecule is COc1cnc2ccc(O[C@@H]3C[C@H]4C(=O)N[C@]5(C(=O)NS(=O)(=O)C6(C)CC6)C[C@H]5/C=C\CC[C@@H](C)C[C@@H](C)[C@H](NC(=O)OC(C)(C)C)C(=O)N4C3)cc2n1. The number of benzene rings is 1. The van der Waals surface area contributed by atoms with Crippen LogP contribution in [0.5, 0.6) is 11.6 Å². The molecule has 4 aliphatic rings. The van der Waals surface area contributed by atoms with Crippen LogP contribution in [-0.4, -0.2) is 94.8 Å². The Kier molecular flexibility index (Phi) is 10.6. The molecule has 0 bridgehead atoms. The van der Waals surface area contributed by atoms with Crippen molar-refractivity contribution in [1.29, 1.82) is 0 Å². The molecule has 1 aromatic heterocycles. The van der Waals surface area contributed by atoms with E-state index < -0.39 is 73.8 Å². The second-order valence-corrected chi connectivity index (χ2v) is 18.8. The summed E-state index contributed by atoms with van der Waals surface area (Å²) in [6, 6.07) is 3.00. The van der Waals surface area contributed by atoms with Crippen LogP contribution >= 0.6 is 0 Å². The maximum absolute atomic E-state index is 14.7. The lowest BCUT2D eigenvalue weighted by Gasteiger charge is -2.33. The van der Waals surface area contributed by atoms with Crippen LogP contribution in [0, 0.1) is 17.8 Å². The summed E-state index contributed by atoms with van der Waals surface area (Å²) in [6.07, 6.45) is 7.06. The molecular formula is C38H52N6O9S. The van der Waals surface area contributed by atoms with E-state index in [-0.39, 0.29) is 31.2 Å². The van der Waals surface area contributed by atoms with Gasteiger partial charge in [0.15, 0.2) is 0 Å². The first-order chi connectivity index (χ1) is 25.3. The van der Waals surface area contributed by atoms with Gasteiger partial charge in [0.1, 0.15) is 35.1 Å². The van der Waals surface area contributed by atoms with E-state index >= 15 is 0 Å². The van der Waals surface area contributed by atoms with Crippen molar-refractivity contribution >= 4 is 44.9 Å². The van der Waals surface area contributed by atoms with Gasteiger partial charge < -0.3 is 29.7 Å². The van der Waals surface area contributed by atoms with Crippen LogP contribution in [-0.2, 0) is 29.1 Å². The summed E-state index contributed by atoms with van der Waals surface area (Å²) < 4.78 is 44.7. The molecule has 0 radical (unpaired) electrons. The van der Waals surface area contributed by atoms with Crippen molar-refractivity contribution in [3.63, 3.8) is 0 Å². The summed E-state index contributed by atoms with van der Waals surface area (Å²) in [6.45, 7) is 10.7. The Hall–Kier alpha value is -4.47. The zero-order chi connectivity index (χ0) is 39.2. The largest absolute Gasteiger partial charge is 0.488 e. The molecular weight excluding hydrogens is 717 g/mol. The predicted octanol–water partition coefficient (Wildman–Crippen LogP) is 3.77. The van der Waals surface area contributed by atoms with Crippen LogP contribution in [0.4, 0.5) is 4.79 Å². The molecule has 4 amide bonds. The highest BCUT2D eigenvalue weighted by molar-refractivity contribution is 7.91. The van der Waals surface area contributed by atoms with E-state index in [1.807, 2.05) is 19.1 Å². The smallest absolute Gasteiger partial charge is 0.408 e. The number of allylic oxidation sites excluding steroid dienone is 1. The molecule has 2 aliphatic carbocycles. The fourth-order valence-electron chi connectivity index (χ4n) is 7.37. The lowest BCUT2D eigenvalue weighted by molar-refractivity contribution is -0.142. The molecule has 2 saturated carbocycles. The summed E-state index contributed by atoms with van der Waals surface area (Å²) in [4.78, 5) is 66.3. The minimum Gasteiger partial charge on any atom is -0.488 e. The number of aromatic nitrogens is 2. The van der Waals surface area contributed by atoms with Gasteiger partial charge in [0.25, 0.3) is 5.91 Å². The Labute approximate surface area is 316 Å². The third-order valence-electron chi connectivity index (χ3n) is 10.9. The van der Waals surface area contributed by atoms with Gasteiger partial charge in [-0.3, -0.25) is 19.1 Å². The maximum Gasteiger partial charge on any atom is 0.408 e. The van der Waals surface area contributed by atoms with E-state index in [1.165, 1.54) is 18.2 Å². The second-order valence-electron chi connectivity index (χ2n) is 16.6. The van der Waals surface area contributed by atoms with Crippen LogP contribution in [0.3, 0.4) is 0 Å². The van der Waals surface area contributed by atoms with Crippen molar-refractivity contribution in [2.75, 3.05) is 13.7 Å². The minimum absolute atomic E-state index is 0.0111. The van der Waals surface area contributed by atoms with E-state index in [2.05, 4.69) is 32.2 Å². The molecule has 294 valence electrons. The van der Waals surface area contributed by atoms with Crippen LogP contribution in [0.2, 0.25) is 0 Å². The van der Waals surface area contributed by atoms with Gasteiger partial charge in [-0.25, -0.2) is 23.2 Å². The number of hydrogen-bond acceptors (Lipinski definition) is 11. The fraction of sp³-hybridized carbons (Fsp3) is 0.632. The van der Waals surface area contributed by atoms with E-state index in [0.717, 1.165) is 6.42 Å². The van der Waals surface area contributed by atoms with Gasteiger partial charge in [-0.15, -0.1) is 0 Å². The molecule has 0 spiro atoms. The maximum atomic E-state index is 14.7. The van der Waals surface area contributed by atoms with Gasteiger partial charge in [0.05, 0.1) is 35.6 Å². The van der Waals surface area contributed by atoms with E-state index in [9.17, 15) is 27.6 Å². The predicted molar refractivity (Wildman–Crippen MR) is 199 cm³/mol. The number of rotatable bonds is 7. The molecule has 54 heavy (non-hydrogen) atoms. The number of hydrogen-bond donors (Lipinski definition) is 3. The van der Waals surface area contributed by atoms with Crippen LogP contribution in [0.1, 0.15) is 86.5 Å². The number of carbonyl (C=O) groups is 4. The summed E-state index contributed by atoms with van der Waals surface area (Å²) in [5.41, 5.74) is -1.21. The van der Waals surface area contributed by atoms with E-state index in [0.29, 0.717) is 48.3 Å². The standard InChI is InChI=1S/C38H52N6O9S/c1-22-10-8-9-11-24-19-38(24,34(47)43-54(49,50)37(6)14-15-37)42-32(45)29-18-26(52-25-12-13-27-28(17-25)40-30(51-7)20-39-27)21-44(29)33(46)31(23(2)16-22)41-35(48)53-36(3,4)5/h9,11-13,17,20,22-24,26,29,31H,8,10,14-16,18-19,21H2,1-7H3,(H,41,48)(H,42,45)(H,43,47)/b11-9-/t22-,23-,24-,26-,29+,31+,38-/m1/s1. The molecule has 15 nitrogen and oxygen atoms in total.